The second kappa shape index (κ2) is 6.18. The highest BCUT2D eigenvalue weighted by Gasteiger charge is 2.33. The van der Waals surface area contributed by atoms with E-state index in [0.717, 1.165) is 29.7 Å². The maximum Gasteiger partial charge on any atom is 0.134 e. The van der Waals surface area contributed by atoms with Crippen LogP contribution in [0, 0.1) is 17.7 Å². The van der Waals surface area contributed by atoms with Crippen LogP contribution in [0.3, 0.4) is 0 Å². The Kier molecular flexibility index (Phi) is 4.29. The summed E-state index contributed by atoms with van der Waals surface area (Å²) in [6.45, 7) is 5.50. The van der Waals surface area contributed by atoms with Crippen LogP contribution in [0.4, 0.5) is 4.39 Å². The standard InChI is InChI=1S/C18H24FNO/c1-3-9-20-18(15-6-4-5-12(15)2)17-11-13-10-14(19)7-8-16(13)21-17/h7-8,10-12,15,18,20H,3-6,9H2,1-2H3. The van der Waals surface area contributed by atoms with Crippen LogP contribution in [0.25, 0.3) is 11.0 Å². The minimum absolute atomic E-state index is 0.206. The summed E-state index contributed by atoms with van der Waals surface area (Å²) >= 11 is 0. The van der Waals surface area contributed by atoms with E-state index in [1.165, 1.54) is 25.3 Å². The molecule has 0 amide bonds. The molecular weight excluding hydrogens is 265 g/mol. The van der Waals surface area contributed by atoms with E-state index in [4.69, 9.17) is 4.42 Å². The summed E-state index contributed by atoms with van der Waals surface area (Å²) in [5.41, 5.74) is 0.778. The molecule has 2 aromatic rings. The quantitative estimate of drug-likeness (QED) is 0.833. The second-order valence-electron chi connectivity index (χ2n) is 6.33. The van der Waals surface area contributed by atoms with E-state index in [2.05, 4.69) is 19.2 Å². The summed E-state index contributed by atoms with van der Waals surface area (Å²) in [6.07, 6.45) is 4.94. The van der Waals surface area contributed by atoms with Crippen LogP contribution in [0.15, 0.2) is 28.7 Å². The van der Waals surface area contributed by atoms with Gasteiger partial charge >= 0.3 is 0 Å². The van der Waals surface area contributed by atoms with Gasteiger partial charge in [0.2, 0.25) is 0 Å². The van der Waals surface area contributed by atoms with Crippen molar-refractivity contribution >= 4 is 11.0 Å². The number of hydrogen-bond donors (Lipinski definition) is 1. The van der Waals surface area contributed by atoms with Gasteiger partial charge in [0, 0.05) is 5.39 Å². The van der Waals surface area contributed by atoms with Gasteiger partial charge in [0.1, 0.15) is 17.2 Å². The summed E-state index contributed by atoms with van der Waals surface area (Å²) < 4.78 is 19.4. The first-order valence-electron chi connectivity index (χ1n) is 8.11. The van der Waals surface area contributed by atoms with E-state index in [1.807, 2.05) is 6.07 Å². The summed E-state index contributed by atoms with van der Waals surface area (Å²) in [4.78, 5) is 0. The number of halogens is 1. The molecule has 1 aliphatic carbocycles. The van der Waals surface area contributed by atoms with Gasteiger partial charge in [-0.2, -0.15) is 0 Å². The van der Waals surface area contributed by atoms with Crippen LogP contribution in [0.1, 0.15) is 51.3 Å². The molecule has 1 aliphatic rings. The van der Waals surface area contributed by atoms with E-state index in [9.17, 15) is 4.39 Å². The molecule has 3 unspecified atom stereocenters. The van der Waals surface area contributed by atoms with Gasteiger partial charge < -0.3 is 9.73 Å². The Hall–Kier alpha value is -1.35. The van der Waals surface area contributed by atoms with E-state index >= 15 is 0 Å². The molecule has 1 heterocycles. The predicted octanol–water partition coefficient (Wildman–Crippen LogP) is 5.05. The van der Waals surface area contributed by atoms with E-state index in [-0.39, 0.29) is 11.9 Å². The van der Waals surface area contributed by atoms with Crippen molar-refractivity contribution in [3.05, 3.63) is 35.8 Å². The summed E-state index contributed by atoms with van der Waals surface area (Å²) in [5, 5.41) is 4.51. The zero-order chi connectivity index (χ0) is 14.8. The molecule has 0 spiro atoms. The molecule has 21 heavy (non-hydrogen) atoms. The minimum Gasteiger partial charge on any atom is -0.459 e. The van der Waals surface area contributed by atoms with Crippen molar-refractivity contribution in [1.29, 1.82) is 0 Å². The van der Waals surface area contributed by atoms with E-state index in [1.54, 1.807) is 12.1 Å². The Bertz CT molecular complexity index is 606. The van der Waals surface area contributed by atoms with Crippen LogP contribution >= 0.6 is 0 Å². The van der Waals surface area contributed by atoms with Crippen molar-refractivity contribution in [2.75, 3.05) is 6.54 Å². The second-order valence-corrected chi connectivity index (χ2v) is 6.33. The number of fused-ring (bicyclic) bond motifs is 1. The molecule has 3 atom stereocenters. The Labute approximate surface area is 125 Å². The lowest BCUT2D eigenvalue weighted by atomic mass is 9.88. The van der Waals surface area contributed by atoms with Crippen molar-refractivity contribution < 1.29 is 8.81 Å². The lowest BCUT2D eigenvalue weighted by Gasteiger charge is -2.26. The molecule has 0 aliphatic heterocycles. The van der Waals surface area contributed by atoms with Crippen molar-refractivity contribution in [3.8, 4) is 0 Å². The summed E-state index contributed by atoms with van der Waals surface area (Å²) in [7, 11) is 0. The van der Waals surface area contributed by atoms with Gasteiger partial charge in [0.05, 0.1) is 6.04 Å². The molecule has 114 valence electrons. The fourth-order valence-corrected chi connectivity index (χ4v) is 3.62. The molecule has 0 radical (unpaired) electrons. The average molecular weight is 289 g/mol. The van der Waals surface area contributed by atoms with Gasteiger partial charge in [0.15, 0.2) is 0 Å². The zero-order valence-electron chi connectivity index (χ0n) is 12.9. The van der Waals surface area contributed by atoms with Gasteiger partial charge in [-0.3, -0.25) is 0 Å². The van der Waals surface area contributed by atoms with Gasteiger partial charge in [-0.1, -0.05) is 26.7 Å². The number of rotatable bonds is 5. The monoisotopic (exact) mass is 289 g/mol. The predicted molar refractivity (Wildman–Crippen MR) is 83.7 cm³/mol. The third-order valence-electron chi connectivity index (χ3n) is 4.77. The normalized spacial score (nSPS) is 23.8. The first kappa shape index (κ1) is 14.6. The lowest BCUT2D eigenvalue weighted by molar-refractivity contribution is 0.270. The van der Waals surface area contributed by atoms with Gasteiger partial charge in [-0.15, -0.1) is 0 Å². The maximum atomic E-state index is 13.4. The largest absolute Gasteiger partial charge is 0.459 e. The topological polar surface area (TPSA) is 25.2 Å². The highest BCUT2D eigenvalue weighted by Crippen LogP contribution is 2.41. The van der Waals surface area contributed by atoms with Crippen LogP contribution in [-0.2, 0) is 0 Å². The number of benzene rings is 1. The SMILES string of the molecule is CCCNC(c1cc2cc(F)ccc2o1)C1CCCC1C. The molecule has 2 nitrogen and oxygen atoms in total. The van der Waals surface area contributed by atoms with Gasteiger partial charge in [-0.05, 0) is 55.5 Å². The highest BCUT2D eigenvalue weighted by atomic mass is 19.1. The number of furan rings is 1. The van der Waals surface area contributed by atoms with Crippen molar-refractivity contribution in [2.45, 2.75) is 45.6 Å². The Morgan fingerprint density at radius 3 is 2.90 bits per heavy atom. The molecule has 0 saturated heterocycles. The third-order valence-corrected chi connectivity index (χ3v) is 4.77. The molecule has 1 N–H and O–H groups in total. The minimum atomic E-state index is -0.206. The molecule has 1 aromatic heterocycles. The third kappa shape index (κ3) is 2.98. The smallest absolute Gasteiger partial charge is 0.134 e. The molecular formula is C18H24FNO. The van der Waals surface area contributed by atoms with Crippen LogP contribution in [-0.4, -0.2) is 6.54 Å². The molecule has 1 aromatic carbocycles. The highest BCUT2D eigenvalue weighted by molar-refractivity contribution is 5.78. The first-order valence-corrected chi connectivity index (χ1v) is 8.11. The first-order chi connectivity index (χ1) is 10.2. The van der Waals surface area contributed by atoms with Crippen LogP contribution in [0.2, 0.25) is 0 Å². The zero-order valence-corrected chi connectivity index (χ0v) is 12.9. The maximum absolute atomic E-state index is 13.4. The summed E-state index contributed by atoms with van der Waals surface area (Å²) in [6, 6.07) is 7.00. The Balaban J connectivity index is 1.93. The van der Waals surface area contributed by atoms with Crippen molar-refractivity contribution in [1.82, 2.24) is 5.32 Å². The molecule has 1 saturated carbocycles. The fraction of sp³-hybridized carbons (Fsp3) is 0.556. The summed E-state index contributed by atoms with van der Waals surface area (Å²) in [5.74, 6) is 2.08. The van der Waals surface area contributed by atoms with Crippen molar-refractivity contribution in [2.24, 2.45) is 11.8 Å². The van der Waals surface area contributed by atoms with E-state index < -0.39 is 0 Å². The average Bonchev–Trinajstić information content (AvgIpc) is 3.06. The van der Waals surface area contributed by atoms with Crippen LogP contribution < -0.4 is 5.32 Å². The van der Waals surface area contributed by atoms with Crippen molar-refractivity contribution in [3.63, 3.8) is 0 Å². The molecule has 0 bridgehead atoms. The number of nitrogens with one attached hydrogen (secondary N) is 1. The molecule has 3 heteroatoms. The Morgan fingerprint density at radius 1 is 1.33 bits per heavy atom. The Morgan fingerprint density at radius 2 is 2.19 bits per heavy atom. The molecule has 3 rings (SSSR count). The number of hydrogen-bond acceptors (Lipinski definition) is 2. The van der Waals surface area contributed by atoms with Crippen LogP contribution in [0.5, 0.6) is 0 Å². The van der Waals surface area contributed by atoms with Gasteiger partial charge in [0.25, 0.3) is 0 Å². The van der Waals surface area contributed by atoms with E-state index in [0.29, 0.717) is 11.8 Å². The van der Waals surface area contributed by atoms with Gasteiger partial charge in [-0.25, -0.2) is 4.39 Å². The lowest BCUT2D eigenvalue weighted by Crippen LogP contribution is -2.30. The molecule has 1 fully saturated rings. The fourth-order valence-electron chi connectivity index (χ4n) is 3.62.